The predicted molar refractivity (Wildman–Crippen MR) is 69.6 cm³/mol. The second-order valence-electron chi connectivity index (χ2n) is 4.24. The van der Waals surface area contributed by atoms with E-state index < -0.39 is 29.7 Å². The quantitative estimate of drug-likeness (QED) is 0.400. The van der Waals surface area contributed by atoms with Gasteiger partial charge in [-0.15, -0.1) is 0 Å². The number of hydrogen-bond acceptors (Lipinski definition) is 5. The van der Waals surface area contributed by atoms with Gasteiger partial charge in [0.1, 0.15) is 0 Å². The lowest BCUT2D eigenvalue weighted by Gasteiger charge is -2.28. The number of carbonyl (C=O) groups excluding carboxylic acids is 4. The highest BCUT2D eigenvalue weighted by Crippen LogP contribution is 2.25. The molecule has 2 aliphatic rings. The molecule has 2 N–H and O–H groups in total. The van der Waals surface area contributed by atoms with Gasteiger partial charge in [-0.1, -0.05) is 12.1 Å². The molecule has 0 bridgehead atoms. The molecule has 0 aliphatic carbocycles. The van der Waals surface area contributed by atoms with Crippen molar-refractivity contribution in [1.82, 2.24) is 15.5 Å². The molecule has 1 aromatic rings. The predicted octanol–water partition coefficient (Wildman–Crippen LogP) is -0.818. The lowest BCUT2D eigenvalue weighted by molar-refractivity contribution is -0.135. The number of benzene rings is 1. The highest BCUT2D eigenvalue weighted by atomic mass is 32.1. The van der Waals surface area contributed by atoms with Crippen LogP contribution in [0.2, 0.25) is 0 Å². The van der Waals surface area contributed by atoms with Crippen molar-refractivity contribution in [3.63, 3.8) is 0 Å². The smallest absolute Gasteiger partial charge is 0.262 e. The molecule has 100 valence electrons. The van der Waals surface area contributed by atoms with E-state index in [1.165, 1.54) is 12.1 Å². The number of rotatable bonds is 1. The molecule has 7 nitrogen and oxygen atoms in total. The molecule has 4 amide bonds. The molecule has 0 spiro atoms. The van der Waals surface area contributed by atoms with Crippen LogP contribution in [0.1, 0.15) is 20.7 Å². The van der Waals surface area contributed by atoms with Gasteiger partial charge in [-0.25, -0.2) is 0 Å². The maximum absolute atomic E-state index is 12.2. The standard InChI is InChI=1S/C12H7N3O4S/c16-8-7(9(17)14-12(20)13-8)15-10(18)5-3-1-2-4-6(5)11(15)19/h1-4,7H,(H2,13,14,16,17,20). The van der Waals surface area contributed by atoms with Crippen molar-refractivity contribution in [2.75, 3.05) is 0 Å². The van der Waals surface area contributed by atoms with E-state index in [9.17, 15) is 19.2 Å². The van der Waals surface area contributed by atoms with Gasteiger partial charge >= 0.3 is 0 Å². The summed E-state index contributed by atoms with van der Waals surface area (Å²) < 4.78 is 0. The highest BCUT2D eigenvalue weighted by molar-refractivity contribution is 7.80. The van der Waals surface area contributed by atoms with Gasteiger partial charge in [0.05, 0.1) is 11.1 Å². The van der Waals surface area contributed by atoms with Crippen LogP contribution in [0.15, 0.2) is 24.3 Å². The molecule has 0 atom stereocenters. The van der Waals surface area contributed by atoms with E-state index in [0.29, 0.717) is 4.90 Å². The van der Waals surface area contributed by atoms with E-state index in [1.807, 2.05) is 0 Å². The number of hydrogen-bond donors (Lipinski definition) is 2. The first-order valence-corrected chi connectivity index (χ1v) is 6.04. The van der Waals surface area contributed by atoms with E-state index in [4.69, 9.17) is 0 Å². The van der Waals surface area contributed by atoms with Crippen molar-refractivity contribution in [3.05, 3.63) is 35.4 Å². The Bertz CT molecular complexity index is 645. The molecule has 8 heteroatoms. The minimum absolute atomic E-state index is 0.146. The summed E-state index contributed by atoms with van der Waals surface area (Å²) in [6.07, 6.45) is 0. The summed E-state index contributed by atoms with van der Waals surface area (Å²) >= 11 is 4.66. The van der Waals surface area contributed by atoms with Gasteiger partial charge in [-0.2, -0.15) is 0 Å². The van der Waals surface area contributed by atoms with Crippen molar-refractivity contribution < 1.29 is 19.2 Å². The normalized spacial score (nSPS) is 19.0. The molecule has 0 radical (unpaired) electrons. The number of imide groups is 1. The SMILES string of the molecule is O=C1NC(=S)NC(=O)C1N1C(=O)c2ccccc2C1=O. The zero-order valence-corrected chi connectivity index (χ0v) is 10.7. The fourth-order valence-electron chi connectivity index (χ4n) is 2.19. The van der Waals surface area contributed by atoms with Crippen molar-refractivity contribution in [2.45, 2.75) is 6.04 Å². The summed E-state index contributed by atoms with van der Waals surface area (Å²) in [7, 11) is 0. The van der Waals surface area contributed by atoms with Gasteiger partial charge in [0, 0.05) is 0 Å². The first kappa shape index (κ1) is 12.4. The first-order chi connectivity index (χ1) is 9.50. The van der Waals surface area contributed by atoms with Crippen LogP contribution in [0.25, 0.3) is 0 Å². The molecule has 1 fully saturated rings. The Morgan fingerprint density at radius 2 is 1.35 bits per heavy atom. The minimum atomic E-state index is -1.55. The number of thiocarbonyl (C=S) groups is 1. The zero-order chi connectivity index (χ0) is 14.4. The average Bonchev–Trinajstić information content (AvgIpc) is 2.64. The number of fused-ring (bicyclic) bond motifs is 1. The van der Waals surface area contributed by atoms with Crippen LogP contribution in [0, 0.1) is 0 Å². The Hall–Kier alpha value is -2.61. The lowest BCUT2D eigenvalue weighted by atomic mass is 10.1. The summed E-state index contributed by atoms with van der Waals surface area (Å²) in [6.45, 7) is 0. The van der Waals surface area contributed by atoms with Crippen LogP contribution in [0.5, 0.6) is 0 Å². The van der Waals surface area contributed by atoms with Gasteiger partial charge in [0.25, 0.3) is 23.6 Å². The third-order valence-corrected chi connectivity index (χ3v) is 3.26. The summed E-state index contributed by atoms with van der Waals surface area (Å²) in [4.78, 5) is 48.7. The third-order valence-electron chi connectivity index (χ3n) is 3.05. The van der Waals surface area contributed by atoms with E-state index in [2.05, 4.69) is 22.9 Å². The zero-order valence-electron chi connectivity index (χ0n) is 9.88. The van der Waals surface area contributed by atoms with E-state index in [1.54, 1.807) is 12.1 Å². The van der Waals surface area contributed by atoms with Crippen LogP contribution >= 0.6 is 12.2 Å². The number of nitrogens with one attached hydrogen (secondary N) is 2. The van der Waals surface area contributed by atoms with Crippen LogP contribution in [0.3, 0.4) is 0 Å². The summed E-state index contributed by atoms with van der Waals surface area (Å²) in [5.74, 6) is -2.94. The fraction of sp³-hybridized carbons (Fsp3) is 0.0833. The Balaban J connectivity index is 2.03. The number of carbonyl (C=O) groups is 4. The summed E-state index contributed by atoms with van der Waals surface area (Å²) in [6, 6.07) is 4.60. The second-order valence-corrected chi connectivity index (χ2v) is 4.64. The topological polar surface area (TPSA) is 95.6 Å². The third kappa shape index (κ3) is 1.62. The molecular formula is C12H7N3O4S. The van der Waals surface area contributed by atoms with Crippen molar-refractivity contribution in [3.8, 4) is 0 Å². The van der Waals surface area contributed by atoms with Crippen molar-refractivity contribution in [1.29, 1.82) is 0 Å². The van der Waals surface area contributed by atoms with E-state index in [-0.39, 0.29) is 16.2 Å². The average molecular weight is 289 g/mol. The first-order valence-electron chi connectivity index (χ1n) is 5.63. The Kier molecular flexibility index (Phi) is 2.61. The van der Waals surface area contributed by atoms with Gasteiger partial charge in [0.15, 0.2) is 11.2 Å². The molecule has 0 unspecified atom stereocenters. The van der Waals surface area contributed by atoms with Crippen LogP contribution < -0.4 is 10.6 Å². The molecule has 1 aromatic carbocycles. The number of nitrogens with zero attached hydrogens (tertiary/aromatic N) is 1. The molecular weight excluding hydrogens is 282 g/mol. The van der Waals surface area contributed by atoms with Gasteiger partial charge < -0.3 is 10.6 Å². The minimum Gasteiger partial charge on any atom is -0.301 e. The van der Waals surface area contributed by atoms with Gasteiger partial charge in [0.2, 0.25) is 0 Å². The van der Waals surface area contributed by atoms with Gasteiger partial charge in [-0.05, 0) is 24.4 Å². The molecule has 2 heterocycles. The Morgan fingerprint density at radius 3 is 1.80 bits per heavy atom. The lowest BCUT2D eigenvalue weighted by Crippen LogP contribution is -2.65. The molecule has 3 rings (SSSR count). The van der Waals surface area contributed by atoms with Crippen LogP contribution in [-0.4, -0.2) is 39.7 Å². The summed E-state index contributed by atoms with van der Waals surface area (Å²) in [5, 5.41) is 4.29. The molecule has 1 saturated heterocycles. The van der Waals surface area contributed by atoms with Crippen molar-refractivity contribution >= 4 is 41.0 Å². The van der Waals surface area contributed by atoms with Crippen LogP contribution in [0.4, 0.5) is 0 Å². The maximum Gasteiger partial charge on any atom is 0.262 e. The Labute approximate surface area is 117 Å². The molecule has 2 aliphatic heterocycles. The highest BCUT2D eigenvalue weighted by Gasteiger charge is 2.48. The van der Waals surface area contributed by atoms with Crippen molar-refractivity contribution in [2.24, 2.45) is 0 Å². The largest absolute Gasteiger partial charge is 0.301 e. The number of amides is 4. The fourth-order valence-corrected chi connectivity index (χ4v) is 2.39. The molecule has 0 aromatic heterocycles. The Morgan fingerprint density at radius 1 is 0.900 bits per heavy atom. The second kappa shape index (κ2) is 4.20. The van der Waals surface area contributed by atoms with Gasteiger partial charge in [-0.3, -0.25) is 24.1 Å². The monoisotopic (exact) mass is 289 g/mol. The van der Waals surface area contributed by atoms with Crippen LogP contribution in [-0.2, 0) is 9.59 Å². The van der Waals surface area contributed by atoms with E-state index >= 15 is 0 Å². The maximum atomic E-state index is 12.2. The molecule has 20 heavy (non-hydrogen) atoms. The summed E-state index contributed by atoms with van der Waals surface area (Å²) in [5.41, 5.74) is 0.345. The molecule has 0 saturated carbocycles. The van der Waals surface area contributed by atoms with E-state index in [0.717, 1.165) is 0 Å².